The van der Waals surface area contributed by atoms with Gasteiger partial charge in [-0.05, 0) is 6.42 Å². The van der Waals surface area contributed by atoms with Crippen molar-refractivity contribution in [3.63, 3.8) is 0 Å². The van der Waals surface area contributed by atoms with Gasteiger partial charge < -0.3 is 20.6 Å². The highest BCUT2D eigenvalue weighted by Crippen LogP contribution is 2.36. The molecule has 1 saturated heterocycles. The third-order valence-corrected chi connectivity index (χ3v) is 5.89. The molecule has 35 heavy (non-hydrogen) atoms. The smallest absolute Gasteiger partial charge is 0.368 e. The fourth-order valence-corrected chi connectivity index (χ4v) is 4.00. The molecular formula is C21H29ClF5N5O3. The Balaban J connectivity index is 0.00000432. The molecule has 14 heteroatoms. The molecule has 2 aliphatic heterocycles. The molecule has 1 fully saturated rings. The van der Waals surface area contributed by atoms with Crippen molar-refractivity contribution in [2.24, 2.45) is 5.73 Å². The third-order valence-electron chi connectivity index (χ3n) is 5.89. The highest BCUT2D eigenvalue weighted by atomic mass is 35.5. The Bertz CT molecular complexity index is 970. The van der Waals surface area contributed by atoms with Gasteiger partial charge in [-0.25, -0.2) is 18.7 Å². The molecule has 2 atom stereocenters. The van der Waals surface area contributed by atoms with Crippen LogP contribution in [0.1, 0.15) is 62.8 Å². The lowest BCUT2D eigenvalue weighted by Crippen LogP contribution is -2.58. The van der Waals surface area contributed by atoms with Gasteiger partial charge in [0.05, 0.1) is 12.2 Å². The van der Waals surface area contributed by atoms with Gasteiger partial charge in [-0.15, -0.1) is 12.4 Å². The molecule has 3 rings (SSSR count). The number of carbonyl (C=O) groups excluding carboxylic acids is 2. The van der Waals surface area contributed by atoms with Crippen molar-refractivity contribution in [3.05, 3.63) is 22.8 Å². The quantitative estimate of drug-likeness (QED) is 0.579. The molecule has 1 unspecified atom stereocenters. The van der Waals surface area contributed by atoms with Crippen LogP contribution in [-0.4, -0.2) is 68.0 Å². The van der Waals surface area contributed by atoms with Crippen molar-refractivity contribution in [1.82, 2.24) is 19.8 Å². The summed E-state index contributed by atoms with van der Waals surface area (Å²) in [5.41, 5.74) is 4.19. The van der Waals surface area contributed by atoms with Gasteiger partial charge in [-0.3, -0.25) is 9.59 Å². The number of halogens is 6. The first-order valence-electron chi connectivity index (χ1n) is 10.9. The molecule has 1 aromatic heterocycles. The van der Waals surface area contributed by atoms with E-state index in [1.807, 2.05) is 0 Å². The van der Waals surface area contributed by atoms with Crippen LogP contribution < -0.4 is 5.73 Å². The van der Waals surface area contributed by atoms with Crippen LogP contribution in [-0.2, 0) is 34.1 Å². The minimum atomic E-state index is -4.68. The van der Waals surface area contributed by atoms with Gasteiger partial charge in [0.1, 0.15) is 5.82 Å². The summed E-state index contributed by atoms with van der Waals surface area (Å²) in [6.45, 7) is 4.38. The van der Waals surface area contributed by atoms with Crippen LogP contribution in [0, 0.1) is 0 Å². The highest BCUT2D eigenvalue weighted by molar-refractivity contribution is 5.85. The number of nitrogens with zero attached hydrogens (tertiary/aromatic N) is 4. The van der Waals surface area contributed by atoms with Crippen LogP contribution in [0.25, 0.3) is 0 Å². The van der Waals surface area contributed by atoms with Crippen molar-refractivity contribution in [2.75, 3.05) is 13.1 Å². The number of hydrogen-bond acceptors (Lipinski definition) is 6. The number of hydrogen-bond donors (Lipinski definition) is 2. The Morgan fingerprint density at radius 3 is 2.43 bits per heavy atom. The molecule has 0 bridgehead atoms. The summed E-state index contributed by atoms with van der Waals surface area (Å²) in [6, 6.07) is -1.05. The van der Waals surface area contributed by atoms with E-state index in [2.05, 4.69) is 9.97 Å². The summed E-state index contributed by atoms with van der Waals surface area (Å²) in [7, 11) is 0. The normalized spacial score (nSPS) is 21.3. The Labute approximate surface area is 205 Å². The van der Waals surface area contributed by atoms with E-state index in [4.69, 9.17) is 5.73 Å². The molecule has 3 heterocycles. The molecule has 2 aliphatic rings. The van der Waals surface area contributed by atoms with Crippen molar-refractivity contribution >= 4 is 24.2 Å². The standard InChI is InChI=1S/C21H28F5N5O3.ClH/c1-19(2,3)17-28-13-10-30(7-5-12(13)16(29-17)21(24,25)26)15(33)8-11(27)9-31-14(32)4-6-20(22,23)18(31)34;/h11,18,34H,4-10,27H2,1-3H3;1H/t11-,18?;/m0./s1. The lowest BCUT2D eigenvalue weighted by Gasteiger charge is -2.38. The molecule has 3 N–H and O–H groups in total. The molecule has 0 saturated carbocycles. The van der Waals surface area contributed by atoms with Crippen LogP contribution >= 0.6 is 12.4 Å². The van der Waals surface area contributed by atoms with E-state index in [1.54, 1.807) is 20.8 Å². The number of nitrogens with two attached hydrogens (primary N) is 1. The fourth-order valence-electron chi connectivity index (χ4n) is 4.00. The third kappa shape index (κ3) is 6.36. The minimum Gasteiger partial charge on any atom is -0.368 e. The van der Waals surface area contributed by atoms with E-state index in [0.29, 0.717) is 4.90 Å². The van der Waals surface area contributed by atoms with Gasteiger partial charge >= 0.3 is 6.18 Å². The number of aliphatic hydroxyl groups excluding tert-OH is 1. The number of piperidine rings is 1. The second-order valence-corrected chi connectivity index (χ2v) is 9.78. The average Bonchev–Trinajstić information content (AvgIpc) is 2.71. The zero-order chi connectivity index (χ0) is 25.6. The van der Waals surface area contributed by atoms with Gasteiger partial charge in [0.15, 0.2) is 11.9 Å². The summed E-state index contributed by atoms with van der Waals surface area (Å²) in [4.78, 5) is 34.6. The van der Waals surface area contributed by atoms with Crippen LogP contribution in [0.2, 0.25) is 0 Å². The molecule has 2 amide bonds. The Kier molecular flexibility index (Phi) is 8.40. The summed E-state index contributed by atoms with van der Waals surface area (Å²) in [6.07, 6.45) is -8.68. The summed E-state index contributed by atoms with van der Waals surface area (Å²) >= 11 is 0. The number of alkyl halides is 5. The number of fused-ring (bicyclic) bond motifs is 1. The van der Waals surface area contributed by atoms with E-state index in [-0.39, 0.29) is 55.4 Å². The molecule has 0 aromatic carbocycles. The zero-order valence-electron chi connectivity index (χ0n) is 19.5. The lowest BCUT2D eigenvalue weighted by atomic mass is 9.93. The molecule has 1 aromatic rings. The number of amides is 2. The van der Waals surface area contributed by atoms with E-state index >= 15 is 0 Å². The number of rotatable bonds is 4. The average molecular weight is 530 g/mol. The largest absolute Gasteiger partial charge is 0.433 e. The molecule has 8 nitrogen and oxygen atoms in total. The van der Waals surface area contributed by atoms with Crippen molar-refractivity contribution in [3.8, 4) is 0 Å². The highest BCUT2D eigenvalue weighted by Gasteiger charge is 2.48. The Morgan fingerprint density at radius 1 is 1.23 bits per heavy atom. The van der Waals surface area contributed by atoms with Gasteiger partial charge in [-0.2, -0.15) is 13.2 Å². The van der Waals surface area contributed by atoms with Gasteiger partial charge in [0.2, 0.25) is 11.8 Å². The van der Waals surface area contributed by atoms with E-state index < -0.39 is 66.7 Å². The number of aliphatic hydroxyl groups is 1. The molecular weight excluding hydrogens is 501 g/mol. The first-order chi connectivity index (χ1) is 15.5. The fraction of sp³-hybridized carbons (Fsp3) is 0.714. The van der Waals surface area contributed by atoms with Crippen molar-refractivity contribution in [1.29, 1.82) is 0 Å². The topological polar surface area (TPSA) is 113 Å². The first-order valence-corrected chi connectivity index (χ1v) is 10.9. The summed E-state index contributed by atoms with van der Waals surface area (Å²) in [5.74, 6) is -4.69. The summed E-state index contributed by atoms with van der Waals surface area (Å²) in [5, 5.41) is 9.79. The van der Waals surface area contributed by atoms with E-state index in [1.165, 1.54) is 4.90 Å². The Morgan fingerprint density at radius 2 is 1.86 bits per heavy atom. The SMILES string of the molecule is CC(C)(C)c1nc2c(c(C(F)(F)F)n1)CCN(C(=O)C[C@H](N)CN1C(=O)CCC(F)(F)C1O)C2.Cl. The monoisotopic (exact) mass is 529 g/mol. The van der Waals surface area contributed by atoms with Crippen molar-refractivity contribution in [2.45, 2.75) is 82.8 Å². The lowest BCUT2D eigenvalue weighted by molar-refractivity contribution is -0.205. The number of aromatic nitrogens is 2. The summed E-state index contributed by atoms with van der Waals surface area (Å²) < 4.78 is 68.4. The van der Waals surface area contributed by atoms with E-state index in [0.717, 1.165) is 0 Å². The molecule has 0 spiro atoms. The minimum absolute atomic E-state index is 0. The zero-order valence-corrected chi connectivity index (χ0v) is 20.3. The predicted molar refractivity (Wildman–Crippen MR) is 117 cm³/mol. The molecule has 0 radical (unpaired) electrons. The second-order valence-electron chi connectivity index (χ2n) is 9.78. The first kappa shape index (κ1) is 29.1. The number of likely N-dealkylation sites (tertiary alicyclic amines) is 1. The van der Waals surface area contributed by atoms with Crippen molar-refractivity contribution < 1.29 is 36.6 Å². The predicted octanol–water partition coefficient (Wildman–Crippen LogP) is 2.39. The number of carbonyl (C=O) groups is 2. The molecule has 0 aliphatic carbocycles. The van der Waals surface area contributed by atoms with E-state index in [9.17, 15) is 36.6 Å². The van der Waals surface area contributed by atoms with Gasteiger partial charge in [-0.1, -0.05) is 20.8 Å². The Hall–Kier alpha value is -2.12. The van der Waals surface area contributed by atoms with Crippen LogP contribution in [0.15, 0.2) is 0 Å². The van der Waals surface area contributed by atoms with Crippen LogP contribution in [0.4, 0.5) is 22.0 Å². The van der Waals surface area contributed by atoms with Crippen LogP contribution in [0.5, 0.6) is 0 Å². The second kappa shape index (κ2) is 10.1. The van der Waals surface area contributed by atoms with Gasteiger partial charge in [0.25, 0.3) is 5.92 Å². The maximum atomic E-state index is 13.7. The molecule has 198 valence electrons. The maximum absolute atomic E-state index is 13.7. The maximum Gasteiger partial charge on any atom is 0.433 e. The van der Waals surface area contributed by atoms with Crippen LogP contribution in [0.3, 0.4) is 0 Å². The van der Waals surface area contributed by atoms with Gasteiger partial charge in [0, 0.05) is 49.4 Å².